The number of hydrogen-bond acceptors (Lipinski definition) is 3. The van der Waals surface area contributed by atoms with E-state index in [1.807, 2.05) is 62.4 Å². The number of anilines is 1. The number of carbonyl (C=O) groups excluding carboxylic acids is 1. The van der Waals surface area contributed by atoms with Crippen molar-refractivity contribution in [3.8, 4) is 0 Å². The average molecular weight is 394 g/mol. The molecular formula is C22H22N2O3S. The minimum absolute atomic E-state index is 0.106. The summed E-state index contributed by atoms with van der Waals surface area (Å²) in [6.45, 7) is 4.11. The fourth-order valence-corrected chi connectivity index (χ4v) is 4.04. The van der Waals surface area contributed by atoms with Crippen molar-refractivity contribution in [1.29, 1.82) is 0 Å². The molecule has 28 heavy (non-hydrogen) atoms. The van der Waals surface area contributed by atoms with E-state index in [1.54, 1.807) is 0 Å². The van der Waals surface area contributed by atoms with Crippen LogP contribution in [0.5, 0.6) is 0 Å². The Morgan fingerprint density at radius 1 is 0.821 bits per heavy atom. The molecule has 0 aliphatic rings. The Kier molecular flexibility index (Phi) is 5.80. The van der Waals surface area contributed by atoms with Gasteiger partial charge in [-0.3, -0.25) is 9.52 Å². The third-order valence-corrected chi connectivity index (χ3v) is 5.81. The normalized spacial score (nSPS) is 11.1. The summed E-state index contributed by atoms with van der Waals surface area (Å²) in [6.07, 6.45) is 0. The fourth-order valence-electron chi connectivity index (χ4n) is 2.83. The number of rotatable bonds is 6. The molecule has 2 N–H and O–H groups in total. The molecule has 0 aliphatic heterocycles. The van der Waals surface area contributed by atoms with E-state index < -0.39 is 10.0 Å². The van der Waals surface area contributed by atoms with Crippen molar-refractivity contribution < 1.29 is 13.2 Å². The second kappa shape index (κ2) is 8.27. The standard InChI is InChI=1S/C22H22N2O3S/c1-16-7-6-8-17(2)21(16)24-28(26,27)20-13-11-19(12-14-20)22(25)23-15-18-9-4-3-5-10-18/h3-14,24H,15H2,1-2H3,(H,23,25). The van der Waals surface area contributed by atoms with Gasteiger partial charge in [-0.25, -0.2) is 8.42 Å². The van der Waals surface area contributed by atoms with Crippen LogP contribution in [-0.4, -0.2) is 14.3 Å². The first-order valence-electron chi connectivity index (χ1n) is 8.88. The molecule has 0 spiro atoms. The maximum atomic E-state index is 12.7. The lowest BCUT2D eigenvalue weighted by Crippen LogP contribution is -2.23. The number of nitrogens with one attached hydrogen (secondary N) is 2. The van der Waals surface area contributed by atoms with Crippen molar-refractivity contribution in [3.63, 3.8) is 0 Å². The van der Waals surface area contributed by atoms with Crippen molar-refractivity contribution in [1.82, 2.24) is 5.32 Å². The molecule has 0 heterocycles. The van der Waals surface area contributed by atoms with E-state index in [4.69, 9.17) is 0 Å². The highest BCUT2D eigenvalue weighted by Crippen LogP contribution is 2.23. The number of amides is 1. The van der Waals surface area contributed by atoms with Gasteiger partial charge in [0.15, 0.2) is 0 Å². The first-order valence-corrected chi connectivity index (χ1v) is 10.4. The van der Waals surface area contributed by atoms with Gasteiger partial charge in [0.05, 0.1) is 10.6 Å². The Bertz CT molecular complexity index is 1060. The molecule has 5 nitrogen and oxygen atoms in total. The van der Waals surface area contributed by atoms with Crippen molar-refractivity contribution >= 4 is 21.6 Å². The predicted octanol–water partition coefficient (Wildman–Crippen LogP) is 4.03. The van der Waals surface area contributed by atoms with Gasteiger partial charge in [-0.15, -0.1) is 0 Å². The van der Waals surface area contributed by atoms with E-state index >= 15 is 0 Å². The second-order valence-corrected chi connectivity index (χ2v) is 8.25. The van der Waals surface area contributed by atoms with E-state index in [-0.39, 0.29) is 10.8 Å². The average Bonchev–Trinajstić information content (AvgIpc) is 2.70. The molecule has 6 heteroatoms. The van der Waals surface area contributed by atoms with Gasteiger partial charge in [0.2, 0.25) is 0 Å². The monoisotopic (exact) mass is 394 g/mol. The van der Waals surface area contributed by atoms with Crippen LogP contribution < -0.4 is 10.0 Å². The lowest BCUT2D eigenvalue weighted by molar-refractivity contribution is 0.0951. The van der Waals surface area contributed by atoms with Crippen molar-refractivity contribution in [3.05, 3.63) is 95.1 Å². The Hall–Kier alpha value is -3.12. The lowest BCUT2D eigenvalue weighted by Gasteiger charge is -2.13. The zero-order valence-corrected chi connectivity index (χ0v) is 16.6. The molecule has 0 fully saturated rings. The van der Waals surface area contributed by atoms with Crippen molar-refractivity contribution in [2.24, 2.45) is 0 Å². The minimum Gasteiger partial charge on any atom is -0.348 e. The van der Waals surface area contributed by atoms with Gasteiger partial charge in [0, 0.05) is 12.1 Å². The van der Waals surface area contributed by atoms with Gasteiger partial charge < -0.3 is 5.32 Å². The van der Waals surface area contributed by atoms with E-state index in [2.05, 4.69) is 10.0 Å². The molecule has 1 amide bonds. The summed E-state index contributed by atoms with van der Waals surface area (Å²) >= 11 is 0. The van der Waals surface area contributed by atoms with Crippen LogP contribution in [0.1, 0.15) is 27.0 Å². The zero-order chi connectivity index (χ0) is 20.1. The van der Waals surface area contributed by atoms with Gasteiger partial charge >= 0.3 is 0 Å². The lowest BCUT2D eigenvalue weighted by atomic mass is 10.1. The minimum atomic E-state index is -3.74. The smallest absolute Gasteiger partial charge is 0.261 e. The van der Waals surface area contributed by atoms with Gasteiger partial charge in [-0.2, -0.15) is 0 Å². The van der Waals surface area contributed by atoms with Crippen molar-refractivity contribution in [2.75, 3.05) is 4.72 Å². The molecule has 0 bridgehead atoms. The second-order valence-electron chi connectivity index (χ2n) is 6.56. The Morgan fingerprint density at radius 3 is 2.04 bits per heavy atom. The topological polar surface area (TPSA) is 75.3 Å². The highest BCUT2D eigenvalue weighted by Gasteiger charge is 2.17. The van der Waals surface area contributed by atoms with Crippen LogP contribution in [0.4, 0.5) is 5.69 Å². The van der Waals surface area contributed by atoms with Gasteiger partial charge in [-0.1, -0.05) is 48.5 Å². The van der Waals surface area contributed by atoms with Crippen LogP contribution >= 0.6 is 0 Å². The number of hydrogen-bond donors (Lipinski definition) is 2. The first kappa shape index (κ1) is 19.6. The Labute approximate surface area is 165 Å². The van der Waals surface area contributed by atoms with Gasteiger partial charge in [-0.05, 0) is 54.8 Å². The predicted molar refractivity (Wildman–Crippen MR) is 111 cm³/mol. The number of aryl methyl sites for hydroxylation is 2. The molecule has 3 aromatic carbocycles. The van der Waals surface area contributed by atoms with Crippen LogP contribution in [0.3, 0.4) is 0 Å². The summed E-state index contributed by atoms with van der Waals surface area (Å²) in [4.78, 5) is 12.4. The van der Waals surface area contributed by atoms with Crippen LogP contribution in [0.25, 0.3) is 0 Å². The SMILES string of the molecule is Cc1cccc(C)c1NS(=O)(=O)c1ccc(C(=O)NCc2ccccc2)cc1. The first-order chi connectivity index (χ1) is 13.4. The van der Waals surface area contributed by atoms with E-state index in [0.29, 0.717) is 17.8 Å². The molecule has 0 saturated heterocycles. The third-order valence-electron chi connectivity index (χ3n) is 4.44. The van der Waals surface area contributed by atoms with Crippen LogP contribution in [0.2, 0.25) is 0 Å². The fraction of sp³-hybridized carbons (Fsp3) is 0.136. The molecular weight excluding hydrogens is 372 g/mol. The van der Waals surface area contributed by atoms with Crippen molar-refractivity contribution in [2.45, 2.75) is 25.3 Å². The summed E-state index contributed by atoms with van der Waals surface area (Å²) in [6, 6.07) is 21.1. The molecule has 144 valence electrons. The van der Waals surface area contributed by atoms with E-state index in [1.165, 1.54) is 24.3 Å². The number of sulfonamides is 1. The summed E-state index contributed by atoms with van der Waals surface area (Å²) in [7, 11) is -3.74. The Morgan fingerprint density at radius 2 is 1.43 bits per heavy atom. The maximum Gasteiger partial charge on any atom is 0.261 e. The van der Waals surface area contributed by atoms with Crippen LogP contribution in [0.15, 0.2) is 77.7 Å². The summed E-state index contributed by atoms with van der Waals surface area (Å²) in [5.74, 6) is -0.254. The maximum absolute atomic E-state index is 12.7. The van der Waals surface area contributed by atoms with E-state index in [0.717, 1.165) is 16.7 Å². The highest BCUT2D eigenvalue weighted by atomic mass is 32.2. The zero-order valence-electron chi connectivity index (χ0n) is 15.8. The molecule has 3 rings (SSSR count). The number of para-hydroxylation sites is 1. The van der Waals surface area contributed by atoms with Gasteiger partial charge in [0.1, 0.15) is 0 Å². The molecule has 3 aromatic rings. The largest absolute Gasteiger partial charge is 0.348 e. The Balaban J connectivity index is 1.71. The number of carbonyl (C=O) groups is 1. The summed E-state index contributed by atoms with van der Waals surface area (Å²) < 4.78 is 28.0. The summed E-state index contributed by atoms with van der Waals surface area (Å²) in [5.41, 5.74) is 3.67. The molecule has 0 atom stereocenters. The highest BCUT2D eigenvalue weighted by molar-refractivity contribution is 7.92. The van der Waals surface area contributed by atoms with E-state index in [9.17, 15) is 13.2 Å². The van der Waals surface area contributed by atoms with Crippen LogP contribution in [0, 0.1) is 13.8 Å². The molecule has 0 aromatic heterocycles. The quantitative estimate of drug-likeness (QED) is 0.663. The molecule has 0 saturated carbocycles. The molecule has 0 radical (unpaired) electrons. The molecule has 0 unspecified atom stereocenters. The van der Waals surface area contributed by atoms with Crippen LogP contribution in [-0.2, 0) is 16.6 Å². The van der Waals surface area contributed by atoms with Gasteiger partial charge in [0.25, 0.3) is 15.9 Å². The number of benzene rings is 3. The summed E-state index contributed by atoms with van der Waals surface area (Å²) in [5, 5.41) is 2.82. The third kappa shape index (κ3) is 4.58. The molecule has 0 aliphatic carbocycles.